The lowest BCUT2D eigenvalue weighted by atomic mass is 10.0. The van der Waals surface area contributed by atoms with Crippen molar-refractivity contribution in [1.82, 2.24) is 0 Å². The first-order chi connectivity index (χ1) is 7.51. The van der Waals surface area contributed by atoms with Crippen LogP contribution >= 0.6 is 0 Å². The van der Waals surface area contributed by atoms with Crippen LogP contribution in [0.4, 0.5) is 0 Å². The Labute approximate surface area is 94.4 Å². The molecule has 1 aromatic carbocycles. The van der Waals surface area contributed by atoms with Gasteiger partial charge < -0.3 is 25.4 Å². The van der Waals surface area contributed by atoms with Gasteiger partial charge in [-0.25, -0.2) is 0 Å². The molecule has 90 valence electrons. The predicted octanol–water partition coefficient (Wildman–Crippen LogP) is 0.790. The van der Waals surface area contributed by atoms with Crippen LogP contribution < -0.4 is 15.2 Å². The number of aromatic hydroxyl groups is 1. The topological polar surface area (TPSA) is 84.9 Å². The number of ether oxygens (including phenoxy) is 2. The zero-order chi connectivity index (χ0) is 12.3. The van der Waals surface area contributed by atoms with Crippen LogP contribution in [0.5, 0.6) is 17.2 Å². The number of benzene rings is 1. The third kappa shape index (κ3) is 2.37. The first-order valence-corrected chi connectivity index (χ1v) is 4.89. The molecule has 0 aliphatic carbocycles. The second kappa shape index (κ2) is 5.05. The molecule has 0 bridgehead atoms. The number of nitrogens with two attached hydrogens (primary N) is 1. The molecule has 1 rings (SSSR count). The minimum atomic E-state index is -0.743. The van der Waals surface area contributed by atoms with Gasteiger partial charge in [-0.3, -0.25) is 0 Å². The van der Waals surface area contributed by atoms with Crippen molar-refractivity contribution in [3.05, 3.63) is 17.7 Å². The molecule has 2 atom stereocenters. The largest absolute Gasteiger partial charge is 0.508 e. The van der Waals surface area contributed by atoms with E-state index >= 15 is 0 Å². The van der Waals surface area contributed by atoms with Gasteiger partial charge in [-0.05, 0) is 6.92 Å². The second-order valence-electron chi connectivity index (χ2n) is 3.53. The van der Waals surface area contributed by atoms with Crippen molar-refractivity contribution in [3.8, 4) is 17.2 Å². The maximum atomic E-state index is 9.48. The third-order valence-electron chi connectivity index (χ3n) is 2.38. The molecule has 0 fully saturated rings. The van der Waals surface area contributed by atoms with E-state index in [0.717, 1.165) is 0 Å². The van der Waals surface area contributed by atoms with Crippen molar-refractivity contribution in [2.45, 2.75) is 19.1 Å². The molecule has 16 heavy (non-hydrogen) atoms. The molecular weight excluding hydrogens is 210 g/mol. The SMILES string of the molecule is COc1cc(O)cc(OC)c1[C@H](N)[C@@H](C)O. The molecular formula is C11H17NO4. The first-order valence-electron chi connectivity index (χ1n) is 4.89. The highest BCUT2D eigenvalue weighted by Gasteiger charge is 2.22. The van der Waals surface area contributed by atoms with E-state index < -0.39 is 12.1 Å². The number of hydrogen-bond acceptors (Lipinski definition) is 5. The monoisotopic (exact) mass is 227 g/mol. The summed E-state index contributed by atoms with van der Waals surface area (Å²) in [7, 11) is 2.93. The number of hydrogen-bond donors (Lipinski definition) is 3. The first kappa shape index (κ1) is 12.6. The Morgan fingerprint density at radius 2 is 1.62 bits per heavy atom. The summed E-state index contributed by atoms with van der Waals surface area (Å²) in [5.41, 5.74) is 6.39. The van der Waals surface area contributed by atoms with E-state index in [0.29, 0.717) is 17.1 Å². The fourth-order valence-electron chi connectivity index (χ4n) is 1.49. The molecule has 5 nitrogen and oxygen atoms in total. The Hall–Kier alpha value is -1.46. The molecule has 5 heteroatoms. The van der Waals surface area contributed by atoms with Gasteiger partial charge in [0.15, 0.2) is 0 Å². The van der Waals surface area contributed by atoms with Crippen LogP contribution in [0.3, 0.4) is 0 Å². The van der Waals surface area contributed by atoms with Gasteiger partial charge in [-0.15, -0.1) is 0 Å². The van der Waals surface area contributed by atoms with Gasteiger partial charge in [-0.1, -0.05) is 0 Å². The van der Waals surface area contributed by atoms with Crippen LogP contribution in [0, 0.1) is 0 Å². The molecule has 0 amide bonds. The minimum Gasteiger partial charge on any atom is -0.508 e. The van der Waals surface area contributed by atoms with E-state index in [9.17, 15) is 10.2 Å². The Kier molecular flexibility index (Phi) is 3.98. The van der Waals surface area contributed by atoms with Gasteiger partial charge in [0.05, 0.1) is 31.9 Å². The summed E-state index contributed by atoms with van der Waals surface area (Å²) in [6.07, 6.45) is -0.743. The van der Waals surface area contributed by atoms with Crippen LogP contribution in [0.25, 0.3) is 0 Å². The Bertz CT molecular complexity index is 340. The molecule has 0 spiro atoms. The van der Waals surface area contributed by atoms with E-state index in [1.165, 1.54) is 26.4 Å². The van der Waals surface area contributed by atoms with Crippen LogP contribution in [0.1, 0.15) is 18.5 Å². The van der Waals surface area contributed by atoms with Gasteiger partial charge >= 0.3 is 0 Å². The summed E-state index contributed by atoms with van der Waals surface area (Å²) >= 11 is 0. The highest BCUT2D eigenvalue weighted by Crippen LogP contribution is 2.37. The van der Waals surface area contributed by atoms with Crippen LogP contribution in [-0.2, 0) is 0 Å². The molecule has 0 saturated heterocycles. The highest BCUT2D eigenvalue weighted by atomic mass is 16.5. The van der Waals surface area contributed by atoms with Gasteiger partial charge in [0, 0.05) is 12.1 Å². The van der Waals surface area contributed by atoms with E-state index in [1.807, 2.05) is 0 Å². The van der Waals surface area contributed by atoms with Crippen LogP contribution in [0.2, 0.25) is 0 Å². The summed E-state index contributed by atoms with van der Waals surface area (Å²) in [5, 5.41) is 18.9. The smallest absolute Gasteiger partial charge is 0.131 e. The van der Waals surface area contributed by atoms with Crippen molar-refractivity contribution in [3.63, 3.8) is 0 Å². The summed E-state index contributed by atoms with van der Waals surface area (Å²) < 4.78 is 10.2. The molecule has 0 unspecified atom stereocenters. The van der Waals surface area contributed by atoms with E-state index in [1.54, 1.807) is 6.92 Å². The van der Waals surface area contributed by atoms with Gasteiger partial charge in [0.2, 0.25) is 0 Å². The van der Waals surface area contributed by atoms with Crippen molar-refractivity contribution >= 4 is 0 Å². The molecule has 0 aromatic heterocycles. The lowest BCUT2D eigenvalue weighted by Gasteiger charge is -2.21. The number of phenolic OH excluding ortho intramolecular Hbond substituents is 1. The number of aliphatic hydroxyl groups is 1. The van der Waals surface area contributed by atoms with Gasteiger partial charge in [0.25, 0.3) is 0 Å². The molecule has 1 aromatic rings. The Morgan fingerprint density at radius 1 is 1.19 bits per heavy atom. The van der Waals surface area contributed by atoms with Gasteiger partial charge in [0.1, 0.15) is 17.2 Å². The van der Waals surface area contributed by atoms with Crippen molar-refractivity contribution in [1.29, 1.82) is 0 Å². The highest BCUT2D eigenvalue weighted by molar-refractivity contribution is 5.52. The number of methoxy groups -OCH3 is 2. The zero-order valence-electron chi connectivity index (χ0n) is 9.60. The lowest BCUT2D eigenvalue weighted by molar-refractivity contribution is 0.161. The molecule has 4 N–H and O–H groups in total. The standard InChI is InChI=1S/C11H17NO4/c1-6(13)11(12)10-8(15-2)4-7(14)5-9(10)16-3/h4-6,11,13-14H,12H2,1-3H3/t6-,11-/m1/s1. The molecule has 0 saturated carbocycles. The molecule has 0 heterocycles. The quantitative estimate of drug-likeness (QED) is 0.708. The zero-order valence-corrected chi connectivity index (χ0v) is 9.60. The van der Waals surface area contributed by atoms with Crippen LogP contribution in [0.15, 0.2) is 12.1 Å². The Morgan fingerprint density at radius 3 is 1.94 bits per heavy atom. The molecule has 0 aliphatic rings. The van der Waals surface area contributed by atoms with Crippen LogP contribution in [-0.4, -0.2) is 30.5 Å². The predicted molar refractivity (Wildman–Crippen MR) is 59.8 cm³/mol. The number of phenols is 1. The van der Waals surface area contributed by atoms with E-state index in [2.05, 4.69) is 0 Å². The fraction of sp³-hybridized carbons (Fsp3) is 0.455. The van der Waals surface area contributed by atoms with Gasteiger partial charge in [-0.2, -0.15) is 0 Å². The van der Waals surface area contributed by atoms with Crippen molar-refractivity contribution in [2.75, 3.05) is 14.2 Å². The number of rotatable bonds is 4. The van der Waals surface area contributed by atoms with E-state index in [-0.39, 0.29) is 5.75 Å². The third-order valence-corrected chi connectivity index (χ3v) is 2.38. The fourth-order valence-corrected chi connectivity index (χ4v) is 1.49. The molecule has 0 aliphatic heterocycles. The summed E-state index contributed by atoms with van der Waals surface area (Å²) in [6, 6.07) is 2.23. The second-order valence-corrected chi connectivity index (χ2v) is 3.53. The summed E-state index contributed by atoms with van der Waals surface area (Å²) in [5.74, 6) is 0.811. The molecule has 0 radical (unpaired) electrons. The van der Waals surface area contributed by atoms with Crippen molar-refractivity contribution in [2.24, 2.45) is 5.73 Å². The average molecular weight is 227 g/mol. The number of aliphatic hydroxyl groups excluding tert-OH is 1. The average Bonchev–Trinajstić information content (AvgIpc) is 2.26. The summed E-state index contributed by atoms with van der Waals surface area (Å²) in [6.45, 7) is 1.58. The lowest BCUT2D eigenvalue weighted by Crippen LogP contribution is -2.24. The minimum absolute atomic E-state index is 0.0234. The normalized spacial score (nSPS) is 14.3. The maximum absolute atomic E-state index is 9.48. The maximum Gasteiger partial charge on any atom is 0.131 e. The van der Waals surface area contributed by atoms with E-state index in [4.69, 9.17) is 15.2 Å². The summed E-state index contributed by atoms with van der Waals surface area (Å²) in [4.78, 5) is 0. The Balaban J connectivity index is 3.32. The van der Waals surface area contributed by atoms with Crippen molar-refractivity contribution < 1.29 is 19.7 Å².